The Kier molecular flexibility index (Phi) is 4.04. The first kappa shape index (κ1) is 13.8. The van der Waals surface area contributed by atoms with Crippen molar-refractivity contribution in [2.24, 2.45) is 0 Å². The lowest BCUT2D eigenvalue weighted by Crippen LogP contribution is -2.49. The number of anilines is 1. The van der Waals surface area contributed by atoms with E-state index in [1.165, 1.54) is 0 Å². The number of ether oxygens (including phenoxy) is 1. The number of likely N-dealkylation sites (tertiary alicyclic amines) is 1. The summed E-state index contributed by atoms with van der Waals surface area (Å²) in [6.07, 6.45) is 5.28. The summed E-state index contributed by atoms with van der Waals surface area (Å²) in [7, 11) is 3.50. The highest BCUT2D eigenvalue weighted by Crippen LogP contribution is 2.26. The highest BCUT2D eigenvalue weighted by molar-refractivity contribution is 5.99. The largest absolute Gasteiger partial charge is 0.386 e. The number of amides is 1. The Balaban J connectivity index is 2.19. The average Bonchev–Trinajstić information content (AvgIpc) is 2.46. The lowest BCUT2D eigenvalue weighted by molar-refractivity contribution is -0.0439. The Morgan fingerprint density at radius 3 is 3.05 bits per heavy atom. The summed E-state index contributed by atoms with van der Waals surface area (Å²) < 4.78 is 5.53. The molecule has 1 aromatic rings. The van der Waals surface area contributed by atoms with Crippen LogP contribution in [0.2, 0.25) is 0 Å². The van der Waals surface area contributed by atoms with Crippen molar-refractivity contribution in [1.29, 1.82) is 0 Å². The minimum absolute atomic E-state index is 0.0368. The summed E-state index contributed by atoms with van der Waals surface area (Å²) in [5, 5.41) is 3.01. The van der Waals surface area contributed by atoms with E-state index >= 15 is 0 Å². The van der Waals surface area contributed by atoms with Crippen molar-refractivity contribution in [2.75, 3.05) is 32.6 Å². The van der Waals surface area contributed by atoms with Crippen LogP contribution in [0.25, 0.3) is 0 Å². The fourth-order valence-corrected chi connectivity index (χ4v) is 2.50. The van der Waals surface area contributed by atoms with Crippen molar-refractivity contribution < 1.29 is 9.53 Å². The molecule has 1 aromatic heterocycles. The van der Waals surface area contributed by atoms with Gasteiger partial charge in [0, 0.05) is 33.4 Å². The van der Waals surface area contributed by atoms with Crippen molar-refractivity contribution >= 4 is 11.6 Å². The van der Waals surface area contributed by atoms with Gasteiger partial charge in [0.15, 0.2) is 0 Å². The SMILES string of the molecule is CNc1cnccc1C(=O)N1CCCC(C)(OC)C1. The molecular weight excluding hydrogens is 242 g/mol. The lowest BCUT2D eigenvalue weighted by atomic mass is 9.94. The molecule has 19 heavy (non-hydrogen) atoms. The van der Waals surface area contributed by atoms with Gasteiger partial charge in [0.25, 0.3) is 5.91 Å². The molecule has 0 aromatic carbocycles. The molecule has 1 atom stereocenters. The van der Waals surface area contributed by atoms with Gasteiger partial charge in [-0.1, -0.05) is 0 Å². The Morgan fingerprint density at radius 1 is 1.58 bits per heavy atom. The van der Waals surface area contributed by atoms with E-state index < -0.39 is 0 Å². The van der Waals surface area contributed by atoms with Crippen LogP contribution in [0.3, 0.4) is 0 Å². The van der Waals surface area contributed by atoms with E-state index in [0.717, 1.165) is 25.1 Å². The lowest BCUT2D eigenvalue weighted by Gasteiger charge is -2.39. The smallest absolute Gasteiger partial charge is 0.256 e. The summed E-state index contributed by atoms with van der Waals surface area (Å²) >= 11 is 0. The number of methoxy groups -OCH3 is 1. The molecule has 1 unspecified atom stereocenters. The Labute approximate surface area is 114 Å². The maximum Gasteiger partial charge on any atom is 0.256 e. The molecule has 1 aliphatic rings. The van der Waals surface area contributed by atoms with Gasteiger partial charge in [-0.3, -0.25) is 9.78 Å². The fraction of sp³-hybridized carbons (Fsp3) is 0.571. The van der Waals surface area contributed by atoms with E-state index in [9.17, 15) is 4.79 Å². The number of nitrogens with one attached hydrogen (secondary N) is 1. The van der Waals surface area contributed by atoms with Crippen molar-refractivity contribution in [2.45, 2.75) is 25.4 Å². The topological polar surface area (TPSA) is 54.5 Å². The predicted octanol–water partition coefficient (Wildman–Crippen LogP) is 1.76. The van der Waals surface area contributed by atoms with E-state index in [1.807, 2.05) is 4.90 Å². The van der Waals surface area contributed by atoms with Crippen LogP contribution in [-0.4, -0.2) is 48.6 Å². The predicted molar refractivity (Wildman–Crippen MR) is 74.3 cm³/mol. The Bertz CT molecular complexity index is 464. The number of aromatic nitrogens is 1. The molecule has 0 saturated carbocycles. The third-order valence-electron chi connectivity index (χ3n) is 3.76. The molecule has 2 rings (SSSR count). The molecule has 104 valence electrons. The van der Waals surface area contributed by atoms with E-state index in [1.54, 1.807) is 32.6 Å². The van der Waals surface area contributed by atoms with Gasteiger partial charge in [-0.2, -0.15) is 0 Å². The van der Waals surface area contributed by atoms with Gasteiger partial charge in [-0.05, 0) is 25.8 Å². The maximum atomic E-state index is 12.6. The van der Waals surface area contributed by atoms with Crippen molar-refractivity contribution in [3.8, 4) is 0 Å². The molecule has 0 aliphatic carbocycles. The third-order valence-corrected chi connectivity index (χ3v) is 3.76. The second-order valence-electron chi connectivity index (χ2n) is 5.16. The van der Waals surface area contributed by atoms with Gasteiger partial charge in [0.05, 0.1) is 23.0 Å². The second kappa shape index (κ2) is 5.57. The normalized spacial score (nSPS) is 23.2. The van der Waals surface area contributed by atoms with E-state index in [2.05, 4.69) is 17.2 Å². The van der Waals surface area contributed by atoms with E-state index in [0.29, 0.717) is 12.1 Å². The number of piperidine rings is 1. The van der Waals surface area contributed by atoms with Crippen LogP contribution < -0.4 is 5.32 Å². The minimum atomic E-state index is -0.235. The van der Waals surface area contributed by atoms with Gasteiger partial charge in [0.2, 0.25) is 0 Å². The van der Waals surface area contributed by atoms with E-state index in [-0.39, 0.29) is 11.5 Å². The molecule has 5 nitrogen and oxygen atoms in total. The Hall–Kier alpha value is -1.62. The van der Waals surface area contributed by atoms with Crippen LogP contribution in [0.1, 0.15) is 30.1 Å². The van der Waals surface area contributed by atoms with Crippen LogP contribution in [0, 0.1) is 0 Å². The molecule has 0 bridgehead atoms. The number of rotatable bonds is 3. The minimum Gasteiger partial charge on any atom is -0.386 e. The summed E-state index contributed by atoms with van der Waals surface area (Å²) in [6.45, 7) is 3.47. The molecular formula is C14H21N3O2. The van der Waals surface area contributed by atoms with E-state index in [4.69, 9.17) is 4.74 Å². The van der Waals surface area contributed by atoms with Gasteiger partial charge in [-0.15, -0.1) is 0 Å². The number of carbonyl (C=O) groups excluding carboxylic acids is 1. The highest BCUT2D eigenvalue weighted by atomic mass is 16.5. The van der Waals surface area contributed by atoms with Crippen LogP contribution in [0.15, 0.2) is 18.5 Å². The molecule has 1 N–H and O–H groups in total. The monoisotopic (exact) mass is 263 g/mol. The number of hydrogen-bond acceptors (Lipinski definition) is 4. The molecule has 0 radical (unpaired) electrons. The number of pyridine rings is 1. The fourth-order valence-electron chi connectivity index (χ4n) is 2.50. The first-order valence-electron chi connectivity index (χ1n) is 6.56. The standard InChI is InChI=1S/C14H21N3O2/c1-14(19-3)6-4-8-17(10-14)13(18)11-5-7-16-9-12(11)15-2/h5,7,9,15H,4,6,8,10H2,1-3H3. The summed E-state index contributed by atoms with van der Waals surface area (Å²) in [6, 6.07) is 1.76. The zero-order valence-electron chi connectivity index (χ0n) is 11.8. The Morgan fingerprint density at radius 2 is 2.37 bits per heavy atom. The molecule has 0 spiro atoms. The number of hydrogen-bond donors (Lipinski definition) is 1. The molecule has 1 saturated heterocycles. The second-order valence-corrected chi connectivity index (χ2v) is 5.16. The molecule has 1 amide bonds. The number of carbonyl (C=O) groups is 1. The molecule has 1 aliphatic heterocycles. The van der Waals surface area contributed by atoms with Gasteiger partial charge in [-0.25, -0.2) is 0 Å². The molecule has 2 heterocycles. The summed E-state index contributed by atoms with van der Waals surface area (Å²) in [4.78, 5) is 18.5. The van der Waals surface area contributed by atoms with Gasteiger partial charge in [0.1, 0.15) is 0 Å². The van der Waals surface area contributed by atoms with Crippen molar-refractivity contribution in [1.82, 2.24) is 9.88 Å². The highest BCUT2D eigenvalue weighted by Gasteiger charge is 2.33. The summed E-state index contributed by atoms with van der Waals surface area (Å²) in [5.41, 5.74) is 1.19. The number of nitrogens with zero attached hydrogens (tertiary/aromatic N) is 2. The van der Waals surface area contributed by atoms with Crippen molar-refractivity contribution in [3.63, 3.8) is 0 Å². The van der Waals surface area contributed by atoms with Gasteiger partial charge >= 0.3 is 0 Å². The van der Waals surface area contributed by atoms with Gasteiger partial charge < -0.3 is 15.0 Å². The molecule has 1 fully saturated rings. The average molecular weight is 263 g/mol. The third kappa shape index (κ3) is 2.87. The van der Waals surface area contributed by atoms with Crippen molar-refractivity contribution in [3.05, 3.63) is 24.0 Å². The van der Waals surface area contributed by atoms with Crippen LogP contribution in [0.5, 0.6) is 0 Å². The quantitative estimate of drug-likeness (QED) is 0.903. The summed E-state index contributed by atoms with van der Waals surface area (Å²) in [5.74, 6) is 0.0368. The molecule has 5 heteroatoms. The zero-order chi connectivity index (χ0) is 13.9. The van der Waals surface area contributed by atoms with Crippen LogP contribution in [-0.2, 0) is 4.74 Å². The first-order chi connectivity index (χ1) is 9.09. The first-order valence-corrected chi connectivity index (χ1v) is 6.56. The van der Waals surface area contributed by atoms with Crippen LogP contribution >= 0.6 is 0 Å². The zero-order valence-corrected chi connectivity index (χ0v) is 11.8. The maximum absolute atomic E-state index is 12.6. The van der Waals surface area contributed by atoms with Crippen LogP contribution in [0.4, 0.5) is 5.69 Å².